The maximum Gasteiger partial charge on any atom is 0.277 e. The molecule has 1 unspecified atom stereocenters. The van der Waals surface area contributed by atoms with Crippen molar-refractivity contribution in [3.8, 4) is 0 Å². The third-order valence-electron chi connectivity index (χ3n) is 5.21. The highest BCUT2D eigenvalue weighted by molar-refractivity contribution is 7.91. The van der Waals surface area contributed by atoms with Crippen molar-refractivity contribution in [2.24, 2.45) is 11.8 Å². The van der Waals surface area contributed by atoms with Crippen LogP contribution in [0.5, 0.6) is 0 Å². The zero-order valence-electron chi connectivity index (χ0n) is 15.3. The topological polar surface area (TPSA) is 62.1 Å². The van der Waals surface area contributed by atoms with E-state index < -0.39 is 10.0 Å². The zero-order chi connectivity index (χ0) is 18.9. The fourth-order valence-electron chi connectivity index (χ4n) is 4.13. The summed E-state index contributed by atoms with van der Waals surface area (Å²) in [5, 5.41) is 0. The minimum atomic E-state index is -3.51. The fraction of sp³-hybridized carbons (Fsp3) is 0.706. The number of likely N-dealkylation sites (tertiary alicyclic amines) is 1. The Morgan fingerprint density at radius 3 is 2.35 bits per heavy atom. The van der Waals surface area contributed by atoms with Gasteiger partial charge in [0, 0.05) is 38.0 Å². The molecule has 9 heteroatoms. The predicted molar refractivity (Wildman–Crippen MR) is 103 cm³/mol. The molecule has 0 aromatic carbocycles. The molecule has 2 saturated heterocycles. The highest BCUT2D eigenvalue weighted by atomic mass is 35.5. The average Bonchev–Trinajstić information content (AvgIpc) is 3.01. The average molecular weight is 421 g/mol. The highest BCUT2D eigenvalue weighted by Crippen LogP contribution is 2.28. The summed E-state index contributed by atoms with van der Waals surface area (Å²) in [5.41, 5.74) is 0. The first-order valence-corrected chi connectivity index (χ1v) is 11.8. The van der Waals surface area contributed by atoms with Gasteiger partial charge in [0.15, 0.2) is 6.54 Å². The van der Waals surface area contributed by atoms with Gasteiger partial charge in [0.05, 0.1) is 17.4 Å². The number of amides is 1. The van der Waals surface area contributed by atoms with E-state index in [2.05, 4.69) is 13.8 Å². The third-order valence-corrected chi connectivity index (χ3v) is 8.81. The lowest BCUT2D eigenvalue weighted by molar-refractivity contribution is -0.904. The van der Waals surface area contributed by atoms with E-state index >= 15 is 0 Å². The Balaban J connectivity index is 1.54. The molecule has 1 amide bonds. The lowest BCUT2D eigenvalue weighted by atomic mass is 9.92. The van der Waals surface area contributed by atoms with Crippen LogP contribution in [0.1, 0.15) is 20.3 Å². The van der Waals surface area contributed by atoms with Gasteiger partial charge < -0.3 is 9.80 Å². The second-order valence-electron chi connectivity index (χ2n) is 7.62. The molecule has 26 heavy (non-hydrogen) atoms. The van der Waals surface area contributed by atoms with Crippen molar-refractivity contribution in [3.05, 3.63) is 16.5 Å². The Morgan fingerprint density at radius 1 is 1.19 bits per heavy atom. The number of thiophene rings is 1. The van der Waals surface area contributed by atoms with Crippen LogP contribution in [0.2, 0.25) is 4.34 Å². The van der Waals surface area contributed by atoms with Gasteiger partial charge in [-0.1, -0.05) is 25.4 Å². The number of nitrogens with zero attached hydrogens (tertiary/aromatic N) is 2. The van der Waals surface area contributed by atoms with E-state index in [4.69, 9.17) is 11.6 Å². The molecule has 1 aromatic heterocycles. The van der Waals surface area contributed by atoms with Gasteiger partial charge >= 0.3 is 0 Å². The van der Waals surface area contributed by atoms with E-state index in [1.165, 1.54) is 15.6 Å². The number of hydrogen-bond donors (Lipinski definition) is 1. The zero-order valence-corrected chi connectivity index (χ0v) is 17.7. The summed E-state index contributed by atoms with van der Waals surface area (Å²) in [6, 6.07) is 3.14. The SMILES string of the molecule is C[C@@H]1C[C@H](C)C[NH+](CC(=O)N2CCN(S(=O)(=O)c3ccc(Cl)s3)CC2)C1. The van der Waals surface area contributed by atoms with Crippen molar-refractivity contribution in [1.29, 1.82) is 0 Å². The molecule has 3 heterocycles. The number of nitrogens with one attached hydrogen (secondary N) is 1. The van der Waals surface area contributed by atoms with E-state index in [-0.39, 0.29) is 10.1 Å². The molecule has 0 saturated carbocycles. The molecule has 2 aliphatic heterocycles. The minimum Gasteiger partial charge on any atom is -0.335 e. The molecule has 2 aliphatic rings. The van der Waals surface area contributed by atoms with Crippen LogP contribution >= 0.6 is 22.9 Å². The van der Waals surface area contributed by atoms with Crippen molar-refractivity contribution < 1.29 is 18.1 Å². The molecule has 1 aromatic rings. The van der Waals surface area contributed by atoms with Crippen molar-refractivity contribution in [3.63, 3.8) is 0 Å². The number of sulfonamides is 1. The van der Waals surface area contributed by atoms with Gasteiger partial charge in [-0.05, 0) is 18.6 Å². The number of halogens is 1. The number of carbonyl (C=O) groups is 1. The molecule has 1 N–H and O–H groups in total. The van der Waals surface area contributed by atoms with Crippen LogP contribution in [0.3, 0.4) is 0 Å². The largest absolute Gasteiger partial charge is 0.335 e. The van der Waals surface area contributed by atoms with Crippen molar-refractivity contribution >= 4 is 38.9 Å². The standard InChI is InChI=1S/C17H26ClN3O3S2/c1-13-9-14(2)11-19(10-13)12-16(22)20-5-7-21(8-6-20)26(23,24)17-4-3-15(18)25-17/h3-4,13-14H,5-12H2,1-2H3/p+1/t13-,14+. The van der Waals surface area contributed by atoms with Gasteiger partial charge in [0.25, 0.3) is 15.9 Å². The molecule has 2 fully saturated rings. The molecule has 146 valence electrons. The van der Waals surface area contributed by atoms with Crippen molar-refractivity contribution in [1.82, 2.24) is 9.21 Å². The first kappa shape index (κ1) is 20.1. The van der Waals surface area contributed by atoms with Gasteiger partial charge in [0.2, 0.25) is 0 Å². The molecule has 3 rings (SSSR count). The third kappa shape index (κ3) is 4.59. The maximum absolute atomic E-state index is 12.6. The quantitative estimate of drug-likeness (QED) is 0.783. The number of piperazine rings is 1. The van der Waals surface area contributed by atoms with Gasteiger partial charge in [0.1, 0.15) is 4.21 Å². The van der Waals surface area contributed by atoms with E-state index in [1.54, 1.807) is 12.1 Å². The molecular formula is C17H27ClN3O3S2+. The Morgan fingerprint density at radius 2 is 1.81 bits per heavy atom. The Hall–Kier alpha value is -0.670. The Bertz CT molecular complexity index is 734. The van der Waals surface area contributed by atoms with Crippen LogP contribution in [-0.2, 0) is 14.8 Å². The number of hydrogen-bond acceptors (Lipinski definition) is 4. The molecule has 0 radical (unpaired) electrons. The van der Waals surface area contributed by atoms with E-state index in [1.807, 2.05) is 4.90 Å². The first-order valence-electron chi connectivity index (χ1n) is 9.12. The van der Waals surface area contributed by atoms with Crippen LogP contribution in [0.4, 0.5) is 0 Å². The second kappa shape index (κ2) is 8.14. The van der Waals surface area contributed by atoms with E-state index in [0.717, 1.165) is 24.4 Å². The Kier molecular flexibility index (Phi) is 6.29. The summed E-state index contributed by atoms with van der Waals surface area (Å²) >= 11 is 6.93. The smallest absolute Gasteiger partial charge is 0.277 e. The Labute approximate surface area is 164 Å². The lowest BCUT2D eigenvalue weighted by Gasteiger charge is -2.36. The number of carbonyl (C=O) groups excluding carboxylic acids is 1. The summed E-state index contributed by atoms with van der Waals surface area (Å²) in [5.74, 6) is 1.44. The van der Waals surface area contributed by atoms with Crippen molar-refractivity contribution in [2.45, 2.75) is 24.5 Å². The summed E-state index contributed by atoms with van der Waals surface area (Å²) < 4.78 is 27.5. The van der Waals surface area contributed by atoms with Crippen molar-refractivity contribution in [2.75, 3.05) is 45.8 Å². The monoisotopic (exact) mass is 420 g/mol. The van der Waals surface area contributed by atoms with E-state index in [0.29, 0.717) is 48.9 Å². The number of quaternary nitrogens is 1. The van der Waals surface area contributed by atoms with Gasteiger partial charge in [-0.2, -0.15) is 4.31 Å². The lowest BCUT2D eigenvalue weighted by Crippen LogP contribution is -3.15. The van der Waals surface area contributed by atoms with Crippen LogP contribution in [-0.4, -0.2) is 69.3 Å². The number of rotatable bonds is 4. The highest BCUT2D eigenvalue weighted by Gasteiger charge is 2.33. The molecule has 6 nitrogen and oxygen atoms in total. The van der Waals surface area contributed by atoms with Gasteiger partial charge in [-0.15, -0.1) is 11.3 Å². The normalized spacial score (nSPS) is 28.3. The number of piperidine rings is 1. The van der Waals surface area contributed by atoms with E-state index in [9.17, 15) is 13.2 Å². The molecule has 0 bridgehead atoms. The van der Waals surface area contributed by atoms with Crippen LogP contribution in [0.15, 0.2) is 16.3 Å². The van der Waals surface area contributed by atoms with Crippen LogP contribution in [0.25, 0.3) is 0 Å². The maximum atomic E-state index is 12.6. The predicted octanol–water partition coefficient (Wildman–Crippen LogP) is 0.795. The summed E-state index contributed by atoms with van der Waals surface area (Å²) in [6.07, 6.45) is 1.24. The summed E-state index contributed by atoms with van der Waals surface area (Å²) in [6.45, 7) is 8.69. The summed E-state index contributed by atoms with van der Waals surface area (Å²) in [7, 11) is -3.51. The molecule has 0 aliphatic carbocycles. The summed E-state index contributed by atoms with van der Waals surface area (Å²) in [4.78, 5) is 15.8. The van der Waals surface area contributed by atoms with Crippen LogP contribution < -0.4 is 4.90 Å². The first-order chi connectivity index (χ1) is 12.3. The van der Waals surface area contributed by atoms with Gasteiger partial charge in [-0.3, -0.25) is 4.79 Å². The second-order valence-corrected chi connectivity index (χ2v) is 11.5. The fourth-order valence-corrected chi connectivity index (χ4v) is 7.19. The van der Waals surface area contributed by atoms with Crippen LogP contribution in [0, 0.1) is 11.8 Å². The minimum absolute atomic E-state index is 0.137. The van der Waals surface area contributed by atoms with Gasteiger partial charge in [-0.25, -0.2) is 8.42 Å². The molecule has 3 atom stereocenters. The molecular weight excluding hydrogens is 394 g/mol. The molecule has 0 spiro atoms.